The second kappa shape index (κ2) is 7.11. The van der Waals surface area contributed by atoms with E-state index in [0.717, 1.165) is 11.1 Å². The molecule has 0 N–H and O–H groups in total. The Hall–Kier alpha value is -2.35. The van der Waals surface area contributed by atoms with Gasteiger partial charge in [0.2, 0.25) is 5.91 Å². The summed E-state index contributed by atoms with van der Waals surface area (Å²) in [5, 5.41) is 4.13. The van der Waals surface area contributed by atoms with E-state index in [1.807, 2.05) is 31.2 Å². The van der Waals surface area contributed by atoms with Crippen molar-refractivity contribution in [1.82, 2.24) is 14.7 Å². The van der Waals surface area contributed by atoms with Gasteiger partial charge in [0.15, 0.2) is 9.84 Å². The number of methoxy groups -OCH3 is 1. The number of aryl methyl sites for hydroxylation is 1. The Bertz CT molecular complexity index is 907. The minimum absolute atomic E-state index is 0.0136. The van der Waals surface area contributed by atoms with Gasteiger partial charge in [-0.05, 0) is 24.6 Å². The van der Waals surface area contributed by atoms with Crippen molar-refractivity contribution in [2.24, 2.45) is 7.05 Å². The molecule has 3 rings (SSSR count). The number of rotatable bonds is 4. The van der Waals surface area contributed by atoms with Gasteiger partial charge in [-0.1, -0.05) is 12.1 Å². The fraction of sp³-hybridized carbons (Fsp3) is 0.444. The molecular formula is C18H23N3O4S. The lowest BCUT2D eigenvalue weighted by Crippen LogP contribution is -2.47. The van der Waals surface area contributed by atoms with Crippen LogP contribution in [0.25, 0.3) is 0 Å². The number of benzene rings is 1. The van der Waals surface area contributed by atoms with Crippen molar-refractivity contribution in [2.75, 3.05) is 25.2 Å². The summed E-state index contributed by atoms with van der Waals surface area (Å²) in [7, 11) is 0.163. The molecule has 1 aromatic heterocycles. The summed E-state index contributed by atoms with van der Waals surface area (Å²) in [5.41, 5.74) is 1.58. The van der Waals surface area contributed by atoms with Crippen LogP contribution < -0.4 is 4.74 Å². The molecule has 0 bridgehead atoms. The minimum atomic E-state index is -3.19. The lowest BCUT2D eigenvalue weighted by molar-refractivity contribution is -0.134. The molecule has 8 heteroatoms. The first-order chi connectivity index (χ1) is 12.3. The Morgan fingerprint density at radius 3 is 2.81 bits per heavy atom. The second-order valence-corrected chi connectivity index (χ2v) is 8.84. The molecule has 26 heavy (non-hydrogen) atoms. The number of sulfone groups is 1. The predicted molar refractivity (Wildman–Crippen MR) is 97.7 cm³/mol. The van der Waals surface area contributed by atoms with Crippen LogP contribution in [-0.4, -0.2) is 54.2 Å². The Balaban J connectivity index is 1.90. The van der Waals surface area contributed by atoms with E-state index in [2.05, 4.69) is 5.10 Å². The minimum Gasteiger partial charge on any atom is -0.497 e. The quantitative estimate of drug-likeness (QED) is 0.807. The van der Waals surface area contributed by atoms with E-state index in [1.165, 1.54) is 0 Å². The standard InChI is InChI=1S/C18H23N3O4S/c1-13(14-5-4-6-16(9-14)25-3)18(22)21-7-8-26(23,24)12-17(21)15-10-19-20(2)11-15/h4-6,9-11,13,17H,7-8,12H2,1-3H3. The number of aromatic nitrogens is 2. The monoisotopic (exact) mass is 377 g/mol. The van der Waals surface area contributed by atoms with E-state index < -0.39 is 21.8 Å². The van der Waals surface area contributed by atoms with Crippen LogP contribution in [-0.2, 0) is 21.7 Å². The van der Waals surface area contributed by atoms with Gasteiger partial charge in [0.25, 0.3) is 0 Å². The lowest BCUT2D eigenvalue weighted by Gasteiger charge is -2.36. The maximum atomic E-state index is 13.2. The number of hydrogen-bond acceptors (Lipinski definition) is 5. The number of ether oxygens (including phenoxy) is 1. The molecule has 1 aliphatic rings. The zero-order chi connectivity index (χ0) is 18.9. The Morgan fingerprint density at radius 1 is 1.38 bits per heavy atom. The van der Waals surface area contributed by atoms with Gasteiger partial charge in [0, 0.05) is 25.4 Å². The normalized spacial score (nSPS) is 20.6. The van der Waals surface area contributed by atoms with Crippen molar-refractivity contribution in [3.8, 4) is 5.75 Å². The highest BCUT2D eigenvalue weighted by molar-refractivity contribution is 7.91. The van der Waals surface area contributed by atoms with Gasteiger partial charge >= 0.3 is 0 Å². The smallest absolute Gasteiger partial charge is 0.230 e. The first kappa shape index (κ1) is 18.4. The molecular weight excluding hydrogens is 354 g/mol. The maximum Gasteiger partial charge on any atom is 0.230 e. The van der Waals surface area contributed by atoms with Crippen molar-refractivity contribution in [1.29, 1.82) is 0 Å². The molecule has 0 spiro atoms. The van der Waals surface area contributed by atoms with Gasteiger partial charge in [-0.25, -0.2) is 8.42 Å². The number of carbonyl (C=O) groups excluding carboxylic acids is 1. The second-order valence-electron chi connectivity index (χ2n) is 6.61. The van der Waals surface area contributed by atoms with Gasteiger partial charge in [-0.3, -0.25) is 9.48 Å². The Labute approximate surface area is 153 Å². The zero-order valence-corrected chi connectivity index (χ0v) is 15.9. The fourth-order valence-electron chi connectivity index (χ4n) is 3.26. The van der Waals surface area contributed by atoms with Crippen LogP contribution in [0.4, 0.5) is 0 Å². The number of carbonyl (C=O) groups is 1. The Kier molecular flexibility index (Phi) is 5.04. The SMILES string of the molecule is COc1cccc(C(C)C(=O)N2CCS(=O)(=O)CC2c2cnn(C)c2)c1. The van der Waals surface area contributed by atoms with Crippen LogP contribution >= 0.6 is 0 Å². The van der Waals surface area contributed by atoms with Crippen LogP contribution in [0, 0.1) is 0 Å². The van der Waals surface area contributed by atoms with Crippen LogP contribution in [0.1, 0.15) is 30.0 Å². The molecule has 2 atom stereocenters. The third-order valence-electron chi connectivity index (χ3n) is 4.79. The summed E-state index contributed by atoms with van der Waals surface area (Å²) in [6.45, 7) is 2.02. The largest absolute Gasteiger partial charge is 0.497 e. The topological polar surface area (TPSA) is 81.5 Å². The summed E-state index contributed by atoms with van der Waals surface area (Å²) in [5.74, 6) is 0.106. The average molecular weight is 377 g/mol. The lowest BCUT2D eigenvalue weighted by atomic mass is 9.98. The number of amides is 1. The number of hydrogen-bond donors (Lipinski definition) is 0. The van der Waals surface area contributed by atoms with Crippen LogP contribution in [0.2, 0.25) is 0 Å². The van der Waals surface area contributed by atoms with Crippen molar-refractivity contribution < 1.29 is 17.9 Å². The summed E-state index contributed by atoms with van der Waals surface area (Å²) >= 11 is 0. The van der Waals surface area contributed by atoms with E-state index in [-0.39, 0.29) is 24.0 Å². The third kappa shape index (κ3) is 3.75. The van der Waals surface area contributed by atoms with Crippen molar-refractivity contribution in [2.45, 2.75) is 18.9 Å². The van der Waals surface area contributed by atoms with Gasteiger partial charge < -0.3 is 9.64 Å². The molecule has 1 aromatic carbocycles. The maximum absolute atomic E-state index is 13.2. The number of nitrogens with zero attached hydrogens (tertiary/aromatic N) is 3. The third-order valence-corrected chi connectivity index (χ3v) is 6.42. The van der Waals surface area contributed by atoms with E-state index >= 15 is 0 Å². The molecule has 2 aromatic rings. The first-order valence-corrected chi connectivity index (χ1v) is 10.3. The van der Waals surface area contributed by atoms with Gasteiger partial charge in [-0.2, -0.15) is 5.10 Å². The van der Waals surface area contributed by atoms with Gasteiger partial charge in [0.1, 0.15) is 5.75 Å². The average Bonchev–Trinajstić information content (AvgIpc) is 3.06. The molecule has 1 saturated heterocycles. The van der Waals surface area contributed by atoms with Crippen LogP contribution in [0.5, 0.6) is 5.75 Å². The molecule has 1 amide bonds. The molecule has 2 heterocycles. The molecule has 0 saturated carbocycles. The molecule has 0 aliphatic carbocycles. The first-order valence-electron chi connectivity index (χ1n) is 8.44. The highest BCUT2D eigenvalue weighted by atomic mass is 32.2. The van der Waals surface area contributed by atoms with Crippen molar-refractivity contribution in [3.63, 3.8) is 0 Å². The van der Waals surface area contributed by atoms with E-state index in [0.29, 0.717) is 5.75 Å². The van der Waals surface area contributed by atoms with Gasteiger partial charge in [0.05, 0.1) is 36.8 Å². The summed E-state index contributed by atoms with van der Waals surface area (Å²) in [4.78, 5) is 14.8. The summed E-state index contributed by atoms with van der Waals surface area (Å²) in [6.07, 6.45) is 3.39. The van der Waals surface area contributed by atoms with Crippen LogP contribution in [0.3, 0.4) is 0 Å². The van der Waals surface area contributed by atoms with Crippen molar-refractivity contribution in [3.05, 3.63) is 47.8 Å². The van der Waals surface area contributed by atoms with Crippen LogP contribution in [0.15, 0.2) is 36.7 Å². The Morgan fingerprint density at radius 2 is 2.15 bits per heavy atom. The van der Waals surface area contributed by atoms with Gasteiger partial charge in [-0.15, -0.1) is 0 Å². The van der Waals surface area contributed by atoms with Crippen molar-refractivity contribution >= 4 is 15.7 Å². The molecule has 1 fully saturated rings. The zero-order valence-electron chi connectivity index (χ0n) is 15.1. The highest BCUT2D eigenvalue weighted by Crippen LogP contribution is 2.31. The fourth-order valence-corrected chi connectivity index (χ4v) is 4.76. The predicted octanol–water partition coefficient (Wildman–Crippen LogP) is 1.53. The highest BCUT2D eigenvalue weighted by Gasteiger charge is 2.37. The molecule has 2 unspecified atom stereocenters. The van der Waals surface area contributed by atoms with E-state index in [9.17, 15) is 13.2 Å². The van der Waals surface area contributed by atoms with E-state index in [4.69, 9.17) is 4.74 Å². The molecule has 1 aliphatic heterocycles. The summed E-state index contributed by atoms with van der Waals surface area (Å²) < 4.78 is 31.2. The molecule has 0 radical (unpaired) electrons. The van der Waals surface area contributed by atoms with E-state index in [1.54, 1.807) is 36.1 Å². The molecule has 7 nitrogen and oxygen atoms in total. The summed E-state index contributed by atoms with van der Waals surface area (Å²) in [6, 6.07) is 6.87. The molecule has 140 valence electrons.